The monoisotopic (exact) mass is 368 g/mol. The molecule has 1 amide bonds. The van der Waals surface area contributed by atoms with E-state index in [0.29, 0.717) is 41.8 Å². The molecule has 0 unspecified atom stereocenters. The van der Waals surface area contributed by atoms with Crippen LogP contribution in [0.3, 0.4) is 0 Å². The van der Waals surface area contributed by atoms with Crippen molar-refractivity contribution in [2.45, 2.75) is 46.5 Å². The Morgan fingerprint density at radius 1 is 1.30 bits per heavy atom. The molecule has 1 aromatic carbocycles. The highest BCUT2D eigenvalue weighted by atomic mass is 16.6. The Balaban J connectivity index is 2.43. The molecule has 5 nitrogen and oxygen atoms in total. The molecule has 0 saturated heterocycles. The van der Waals surface area contributed by atoms with Crippen molar-refractivity contribution in [3.8, 4) is 0 Å². The van der Waals surface area contributed by atoms with Crippen LogP contribution in [0.5, 0.6) is 0 Å². The molecule has 1 aliphatic rings. The van der Waals surface area contributed by atoms with Crippen molar-refractivity contribution in [3.63, 3.8) is 0 Å². The van der Waals surface area contributed by atoms with Gasteiger partial charge in [-0.15, -0.1) is 0 Å². The number of oxime groups is 1. The number of hydrogen-bond acceptors (Lipinski definition) is 4. The highest BCUT2D eigenvalue weighted by molar-refractivity contribution is 6.23. The average molecular weight is 368 g/mol. The van der Waals surface area contributed by atoms with Gasteiger partial charge < -0.3 is 10.2 Å². The molecular formula is C22H28N2O3. The summed E-state index contributed by atoms with van der Waals surface area (Å²) in [6.45, 7) is 9.95. The molecule has 0 spiro atoms. The van der Waals surface area contributed by atoms with Crippen molar-refractivity contribution >= 4 is 17.4 Å². The lowest BCUT2D eigenvalue weighted by Crippen LogP contribution is -2.36. The van der Waals surface area contributed by atoms with E-state index in [1.54, 1.807) is 18.2 Å². The van der Waals surface area contributed by atoms with Crippen molar-refractivity contribution in [2.75, 3.05) is 6.61 Å². The van der Waals surface area contributed by atoms with Crippen LogP contribution >= 0.6 is 0 Å². The Hall–Kier alpha value is -2.69. The van der Waals surface area contributed by atoms with E-state index in [0.717, 1.165) is 6.42 Å². The quantitative estimate of drug-likeness (QED) is 0.320. The second kappa shape index (κ2) is 9.31. The number of rotatable bonds is 8. The van der Waals surface area contributed by atoms with Crippen LogP contribution in [0.15, 0.2) is 59.4 Å². The van der Waals surface area contributed by atoms with Crippen molar-refractivity contribution in [3.05, 3.63) is 59.8 Å². The molecule has 27 heavy (non-hydrogen) atoms. The Morgan fingerprint density at radius 3 is 2.63 bits per heavy atom. The lowest BCUT2D eigenvalue weighted by Gasteiger charge is -2.32. The highest BCUT2D eigenvalue weighted by Gasteiger charge is 2.35. The van der Waals surface area contributed by atoms with Gasteiger partial charge in [-0.2, -0.15) is 0 Å². The Labute approximate surface area is 161 Å². The van der Waals surface area contributed by atoms with Gasteiger partial charge in [0.1, 0.15) is 6.61 Å². The van der Waals surface area contributed by atoms with E-state index in [1.807, 2.05) is 39.0 Å². The molecule has 0 atom stereocenters. The zero-order valence-corrected chi connectivity index (χ0v) is 16.4. The Kier molecular flexibility index (Phi) is 7.11. The first kappa shape index (κ1) is 20.6. The minimum atomic E-state index is -0.226. The molecule has 144 valence electrons. The van der Waals surface area contributed by atoms with Crippen LogP contribution < -0.4 is 5.32 Å². The first-order valence-electron chi connectivity index (χ1n) is 9.31. The van der Waals surface area contributed by atoms with Crippen molar-refractivity contribution in [2.24, 2.45) is 10.6 Å². The largest absolute Gasteiger partial charge is 0.391 e. The predicted molar refractivity (Wildman–Crippen MR) is 107 cm³/mol. The fourth-order valence-electron chi connectivity index (χ4n) is 3.18. The summed E-state index contributed by atoms with van der Waals surface area (Å²) in [5.41, 5.74) is 2.03. The summed E-state index contributed by atoms with van der Waals surface area (Å²) < 4.78 is 0. The summed E-state index contributed by atoms with van der Waals surface area (Å²) in [4.78, 5) is 30.9. The van der Waals surface area contributed by atoms with Crippen LogP contribution in [-0.4, -0.2) is 24.0 Å². The number of hydrogen-bond donors (Lipinski definition) is 1. The zero-order valence-electron chi connectivity index (χ0n) is 16.4. The Bertz CT molecular complexity index is 761. The summed E-state index contributed by atoms with van der Waals surface area (Å²) >= 11 is 0. The maximum Gasteiger partial charge on any atom is 0.255 e. The van der Waals surface area contributed by atoms with Crippen LogP contribution in [-0.2, 0) is 9.63 Å². The second-order valence-corrected chi connectivity index (χ2v) is 7.49. The maximum atomic E-state index is 12.9. The molecule has 0 fully saturated rings. The van der Waals surface area contributed by atoms with Gasteiger partial charge in [0.25, 0.3) is 5.91 Å². The lowest BCUT2D eigenvalue weighted by atomic mass is 9.74. The summed E-state index contributed by atoms with van der Waals surface area (Å²) in [6, 6.07) is 8.98. The van der Waals surface area contributed by atoms with E-state index in [2.05, 4.69) is 17.1 Å². The standard InChI is InChI=1S/C22H28N2O3/c1-5-10-17(24-27-13-6-2)20-18(14-22(3,4)15-19(20)25)23-21(26)16-11-8-7-9-12-16/h6-9,11-12H,2,5,10,13-15H2,1,3-4H3,(H,23,26). The van der Waals surface area contributed by atoms with Crippen molar-refractivity contribution in [1.29, 1.82) is 0 Å². The number of benzene rings is 1. The van der Waals surface area contributed by atoms with E-state index in [4.69, 9.17) is 4.84 Å². The first-order valence-corrected chi connectivity index (χ1v) is 9.31. The molecule has 0 aliphatic heterocycles. The average Bonchev–Trinajstić information content (AvgIpc) is 2.61. The molecule has 2 rings (SSSR count). The second-order valence-electron chi connectivity index (χ2n) is 7.49. The zero-order chi connectivity index (χ0) is 19.9. The molecule has 1 aliphatic carbocycles. The van der Waals surface area contributed by atoms with Crippen LogP contribution in [0, 0.1) is 5.41 Å². The Morgan fingerprint density at radius 2 is 2.00 bits per heavy atom. The normalized spacial score (nSPS) is 16.9. The van der Waals surface area contributed by atoms with Gasteiger partial charge >= 0.3 is 0 Å². The number of nitrogens with zero attached hydrogens (tertiary/aromatic N) is 1. The molecule has 1 N–H and O–H groups in total. The minimum Gasteiger partial charge on any atom is -0.391 e. The molecule has 0 heterocycles. The topological polar surface area (TPSA) is 67.8 Å². The first-order chi connectivity index (χ1) is 12.9. The fourth-order valence-corrected chi connectivity index (χ4v) is 3.18. The number of Topliss-reactive ketones (excluding diaryl/α,β-unsaturated/α-hetero) is 1. The van der Waals surface area contributed by atoms with Crippen molar-refractivity contribution < 1.29 is 14.4 Å². The van der Waals surface area contributed by atoms with Gasteiger partial charge in [-0.25, -0.2) is 0 Å². The molecule has 0 aromatic heterocycles. The third kappa shape index (κ3) is 5.64. The molecule has 5 heteroatoms. The van der Waals surface area contributed by atoms with Crippen LogP contribution in [0.25, 0.3) is 0 Å². The van der Waals surface area contributed by atoms with Crippen LogP contribution in [0.2, 0.25) is 0 Å². The van der Waals surface area contributed by atoms with Crippen LogP contribution in [0.4, 0.5) is 0 Å². The molecule has 1 aromatic rings. The summed E-state index contributed by atoms with van der Waals surface area (Å²) in [5.74, 6) is -0.236. The fraction of sp³-hybridized carbons (Fsp3) is 0.409. The van der Waals surface area contributed by atoms with Gasteiger partial charge in [0.15, 0.2) is 5.78 Å². The third-order valence-corrected chi connectivity index (χ3v) is 4.32. The molecule has 0 saturated carbocycles. The highest BCUT2D eigenvalue weighted by Crippen LogP contribution is 2.37. The van der Waals surface area contributed by atoms with Crippen LogP contribution in [0.1, 0.15) is 56.8 Å². The summed E-state index contributed by atoms with van der Waals surface area (Å²) in [5, 5.41) is 7.13. The number of carbonyl (C=O) groups is 2. The maximum absolute atomic E-state index is 12.9. The van der Waals surface area contributed by atoms with Crippen molar-refractivity contribution in [1.82, 2.24) is 5.32 Å². The predicted octanol–water partition coefficient (Wildman–Crippen LogP) is 4.42. The summed E-state index contributed by atoms with van der Waals surface area (Å²) in [6.07, 6.45) is 4.03. The molecule has 0 radical (unpaired) electrons. The van der Waals surface area contributed by atoms with E-state index in [-0.39, 0.29) is 23.7 Å². The smallest absolute Gasteiger partial charge is 0.255 e. The number of carbonyl (C=O) groups excluding carboxylic acids is 2. The van der Waals surface area contributed by atoms with E-state index >= 15 is 0 Å². The van der Waals surface area contributed by atoms with E-state index < -0.39 is 0 Å². The number of ketones is 1. The van der Waals surface area contributed by atoms with Gasteiger partial charge in [-0.05, 0) is 30.4 Å². The lowest BCUT2D eigenvalue weighted by molar-refractivity contribution is -0.117. The number of allylic oxidation sites excluding steroid dienone is 2. The van der Waals surface area contributed by atoms with E-state index in [1.165, 1.54) is 0 Å². The van der Waals surface area contributed by atoms with Gasteiger partial charge in [-0.1, -0.05) is 63.2 Å². The van der Waals surface area contributed by atoms with Gasteiger partial charge in [0.2, 0.25) is 0 Å². The van der Waals surface area contributed by atoms with E-state index in [9.17, 15) is 9.59 Å². The SMILES string of the molecule is C=CCON=C(CCC)C1=C(NC(=O)c2ccccc2)CC(C)(C)CC1=O. The minimum absolute atomic E-state index is 0.0102. The number of nitrogens with one attached hydrogen (secondary N) is 1. The van der Waals surface area contributed by atoms with Gasteiger partial charge in [0, 0.05) is 17.7 Å². The van der Waals surface area contributed by atoms with Gasteiger partial charge in [0.05, 0.1) is 11.3 Å². The van der Waals surface area contributed by atoms with Gasteiger partial charge in [-0.3, -0.25) is 9.59 Å². The summed E-state index contributed by atoms with van der Waals surface area (Å²) in [7, 11) is 0. The molecule has 0 bridgehead atoms. The third-order valence-electron chi connectivity index (χ3n) is 4.32. The number of amides is 1. The molecular weight excluding hydrogens is 340 g/mol.